The van der Waals surface area contributed by atoms with Gasteiger partial charge in [0.1, 0.15) is 30.8 Å². The minimum Gasteiger partial charge on any atom is -0.492 e. The molecule has 2 N–H and O–H groups in total. The van der Waals surface area contributed by atoms with Gasteiger partial charge in [0.05, 0.1) is 11.5 Å². The molecule has 0 aromatic heterocycles. The van der Waals surface area contributed by atoms with Crippen LogP contribution < -0.4 is 20.1 Å². The number of anilines is 1. The van der Waals surface area contributed by atoms with Gasteiger partial charge < -0.3 is 29.7 Å². The number of hydrogen-bond donors (Lipinski definition) is 2. The number of nitro groups is 1. The van der Waals surface area contributed by atoms with Gasteiger partial charge in [-0.2, -0.15) is 0 Å². The number of amides is 3. The molecule has 0 aliphatic carbocycles. The minimum atomic E-state index is -0.724. The number of non-ortho nitro benzene ring substituents is 1. The quantitative estimate of drug-likeness (QED) is 0.0657. The van der Waals surface area contributed by atoms with Crippen molar-refractivity contribution < 1.29 is 38.3 Å². The Morgan fingerprint density at radius 1 is 0.980 bits per heavy atom. The van der Waals surface area contributed by atoms with Gasteiger partial charge in [-0.3, -0.25) is 24.5 Å². The average molecular weight is 689 g/mol. The first kappa shape index (κ1) is 37.4. The summed E-state index contributed by atoms with van der Waals surface area (Å²) < 4.78 is 16.4. The lowest BCUT2D eigenvalue weighted by molar-refractivity contribution is -0.384. The molecule has 0 fully saturated rings. The maximum atomic E-state index is 13.8. The first-order chi connectivity index (χ1) is 23.9. The molecule has 3 amide bonds. The molecule has 1 aliphatic rings. The number of benzene rings is 3. The lowest BCUT2D eigenvalue weighted by Crippen LogP contribution is -2.50. The van der Waals surface area contributed by atoms with Gasteiger partial charge in [0, 0.05) is 44.1 Å². The number of unbranched alkanes of at least 4 members (excludes halogenated alkanes) is 2. The van der Waals surface area contributed by atoms with Crippen molar-refractivity contribution in [1.29, 1.82) is 0 Å². The molecule has 0 spiro atoms. The predicted molar refractivity (Wildman–Crippen MR) is 186 cm³/mol. The van der Waals surface area contributed by atoms with Crippen molar-refractivity contribution in [2.24, 2.45) is 0 Å². The van der Waals surface area contributed by atoms with Crippen LogP contribution in [0.4, 0.5) is 16.2 Å². The normalized spacial score (nSPS) is 13.5. The number of nitrogens with one attached hydrogen (secondary N) is 2. The van der Waals surface area contributed by atoms with E-state index in [1.54, 1.807) is 17.0 Å². The molecule has 50 heavy (non-hydrogen) atoms. The molecule has 1 heterocycles. The van der Waals surface area contributed by atoms with E-state index in [0.717, 1.165) is 41.5 Å². The summed E-state index contributed by atoms with van der Waals surface area (Å²) in [6.07, 6.45) is 2.62. The van der Waals surface area contributed by atoms with E-state index >= 15 is 0 Å². The van der Waals surface area contributed by atoms with E-state index in [1.807, 2.05) is 32.9 Å². The number of hydrogen-bond acceptors (Lipinski definition) is 9. The fourth-order valence-corrected chi connectivity index (χ4v) is 5.76. The zero-order valence-corrected chi connectivity index (χ0v) is 29.1. The summed E-state index contributed by atoms with van der Waals surface area (Å²) in [6, 6.07) is 12.3. The van der Waals surface area contributed by atoms with Crippen molar-refractivity contribution in [3.63, 3.8) is 0 Å². The summed E-state index contributed by atoms with van der Waals surface area (Å²) in [7, 11) is 0. The van der Waals surface area contributed by atoms with Gasteiger partial charge in [0.15, 0.2) is 0 Å². The number of nitrogens with zero attached hydrogens (tertiary/aromatic N) is 2. The Kier molecular flexibility index (Phi) is 12.9. The second-order valence-corrected chi connectivity index (χ2v) is 12.3. The van der Waals surface area contributed by atoms with Gasteiger partial charge in [-0.15, -0.1) is 0 Å². The molecule has 0 bridgehead atoms. The van der Waals surface area contributed by atoms with E-state index in [4.69, 9.17) is 14.2 Å². The van der Waals surface area contributed by atoms with E-state index in [0.29, 0.717) is 41.2 Å². The molecule has 0 unspecified atom stereocenters. The van der Waals surface area contributed by atoms with Crippen molar-refractivity contribution in [1.82, 2.24) is 10.2 Å². The Balaban J connectivity index is 1.39. The topological polar surface area (TPSA) is 166 Å². The van der Waals surface area contributed by atoms with E-state index < -0.39 is 23.0 Å². The Morgan fingerprint density at radius 2 is 1.72 bits per heavy atom. The van der Waals surface area contributed by atoms with Crippen LogP contribution in [-0.4, -0.2) is 52.9 Å². The number of fused-ring (bicyclic) bond motifs is 1. The Bertz CT molecular complexity index is 1740. The molecule has 266 valence electrons. The van der Waals surface area contributed by atoms with Crippen molar-refractivity contribution >= 4 is 35.3 Å². The largest absolute Gasteiger partial charge is 0.492 e. The zero-order chi connectivity index (χ0) is 36.4. The minimum absolute atomic E-state index is 0.0383. The number of carbonyl (C=O) groups excluding carboxylic acids is 4. The highest BCUT2D eigenvalue weighted by molar-refractivity contribution is 5.98. The van der Waals surface area contributed by atoms with Crippen LogP contribution in [0.15, 0.2) is 48.5 Å². The smallest absolute Gasteiger partial charge is 0.407 e. The van der Waals surface area contributed by atoms with Crippen LogP contribution in [0.3, 0.4) is 0 Å². The number of alkyl carbamates (subject to hydrolysis) is 1. The summed E-state index contributed by atoms with van der Waals surface area (Å²) in [6.45, 7) is 9.44. The second-order valence-electron chi connectivity index (χ2n) is 12.3. The van der Waals surface area contributed by atoms with Crippen molar-refractivity contribution in [2.75, 3.05) is 18.5 Å². The third kappa shape index (κ3) is 9.80. The molecule has 13 nitrogen and oxygen atoms in total. The molecule has 4 rings (SSSR count). The number of nitro benzene ring substituents is 1. The first-order valence-corrected chi connectivity index (χ1v) is 16.7. The Hall–Kier alpha value is -5.46. The number of carbonyl (C=O) groups is 4. The number of esters is 1. The molecule has 0 saturated heterocycles. The number of rotatable bonds is 14. The van der Waals surface area contributed by atoms with E-state index in [1.165, 1.54) is 31.2 Å². The lowest BCUT2D eigenvalue weighted by atomic mass is 9.92. The molecule has 0 radical (unpaired) electrons. The van der Waals surface area contributed by atoms with Gasteiger partial charge in [-0.1, -0.05) is 25.8 Å². The van der Waals surface area contributed by atoms with Crippen LogP contribution in [0.25, 0.3) is 0 Å². The van der Waals surface area contributed by atoms with Crippen LogP contribution in [-0.2, 0) is 38.7 Å². The summed E-state index contributed by atoms with van der Waals surface area (Å²) in [4.78, 5) is 63.0. The van der Waals surface area contributed by atoms with Crippen molar-refractivity contribution in [2.45, 2.75) is 85.9 Å². The van der Waals surface area contributed by atoms with Crippen molar-refractivity contribution in [3.05, 3.63) is 92.0 Å². The van der Waals surface area contributed by atoms with Gasteiger partial charge in [-0.05, 0) is 90.9 Å². The molecular weight excluding hydrogens is 644 g/mol. The third-order valence-corrected chi connectivity index (χ3v) is 8.61. The second kappa shape index (κ2) is 17.3. The molecule has 13 heteroatoms. The van der Waals surface area contributed by atoms with Crippen LogP contribution in [0.5, 0.6) is 11.5 Å². The Labute approximate surface area is 291 Å². The monoisotopic (exact) mass is 688 g/mol. The molecule has 1 aliphatic heterocycles. The fourth-order valence-electron chi connectivity index (χ4n) is 5.76. The molecular formula is C37H44N4O9. The number of aryl methyl sites for hydroxylation is 1. The Morgan fingerprint density at radius 3 is 2.40 bits per heavy atom. The highest BCUT2D eigenvalue weighted by Gasteiger charge is 2.35. The van der Waals surface area contributed by atoms with Crippen LogP contribution in [0.2, 0.25) is 0 Å². The van der Waals surface area contributed by atoms with Gasteiger partial charge >= 0.3 is 12.1 Å². The highest BCUT2D eigenvalue weighted by Crippen LogP contribution is 2.33. The first-order valence-electron chi connectivity index (χ1n) is 16.7. The van der Waals surface area contributed by atoms with Crippen LogP contribution in [0.1, 0.15) is 72.9 Å². The standard InChI is InChI=1S/C37H44N4O9/c1-6-7-8-9-34(43)40-21-29-19-31(48-17-16-38-37(45)49-22-27-10-13-30(14-11-27)41(46)47)15-12-28(29)20-33(40)36(44)39-32-18-23(2)35(50-26(5)42)25(4)24(32)3/h10-15,18-19,33H,6-9,16-17,20-22H2,1-5H3,(H,38,45)(H,39,44)/t33-/m0/s1. The molecule has 3 aromatic carbocycles. The van der Waals surface area contributed by atoms with E-state index in [-0.39, 0.29) is 43.8 Å². The lowest BCUT2D eigenvalue weighted by Gasteiger charge is -2.36. The van der Waals surface area contributed by atoms with E-state index in [9.17, 15) is 29.3 Å². The predicted octanol–water partition coefficient (Wildman–Crippen LogP) is 6.22. The summed E-state index contributed by atoms with van der Waals surface area (Å²) in [5.41, 5.74) is 5.20. The van der Waals surface area contributed by atoms with Gasteiger partial charge in [0.25, 0.3) is 5.69 Å². The summed E-state index contributed by atoms with van der Waals surface area (Å²) in [5.74, 6) is 0.213. The van der Waals surface area contributed by atoms with E-state index in [2.05, 4.69) is 17.6 Å². The summed E-state index contributed by atoms with van der Waals surface area (Å²) in [5, 5.41) is 16.4. The number of ether oxygens (including phenoxy) is 3. The zero-order valence-electron chi connectivity index (χ0n) is 29.1. The molecule has 0 saturated carbocycles. The maximum absolute atomic E-state index is 13.8. The fraction of sp³-hybridized carbons (Fsp3) is 0.405. The van der Waals surface area contributed by atoms with Crippen LogP contribution in [0, 0.1) is 30.9 Å². The third-order valence-electron chi connectivity index (χ3n) is 8.61. The average Bonchev–Trinajstić information content (AvgIpc) is 3.09. The molecule has 3 aromatic rings. The van der Waals surface area contributed by atoms with Gasteiger partial charge in [0.2, 0.25) is 11.8 Å². The SMILES string of the molecule is CCCCCC(=O)N1Cc2cc(OCCNC(=O)OCc3ccc([N+](=O)[O-])cc3)ccc2C[C@H]1C(=O)Nc1cc(C)c(OC(C)=O)c(C)c1C. The summed E-state index contributed by atoms with van der Waals surface area (Å²) >= 11 is 0. The van der Waals surface area contributed by atoms with Gasteiger partial charge in [-0.25, -0.2) is 4.79 Å². The van der Waals surface area contributed by atoms with Crippen molar-refractivity contribution in [3.8, 4) is 11.5 Å². The van der Waals surface area contributed by atoms with Crippen LogP contribution >= 0.6 is 0 Å². The maximum Gasteiger partial charge on any atom is 0.407 e. The molecule has 1 atom stereocenters. The highest BCUT2D eigenvalue weighted by atomic mass is 16.6.